The SMILES string of the molecule is CC(C)CCCCCCNC(=O)c1cccc(NC(=O)c2ccco2)c1. The zero-order valence-electron chi connectivity index (χ0n) is 15.6. The van der Waals surface area contributed by atoms with Gasteiger partial charge >= 0.3 is 0 Å². The first kappa shape index (κ1) is 19.8. The van der Waals surface area contributed by atoms with Gasteiger partial charge in [-0.25, -0.2) is 0 Å². The predicted molar refractivity (Wildman–Crippen MR) is 103 cm³/mol. The maximum absolute atomic E-state index is 12.2. The van der Waals surface area contributed by atoms with Crippen molar-refractivity contribution in [1.29, 1.82) is 0 Å². The van der Waals surface area contributed by atoms with Gasteiger partial charge in [0.05, 0.1) is 6.26 Å². The highest BCUT2D eigenvalue weighted by Crippen LogP contribution is 2.13. The highest BCUT2D eigenvalue weighted by atomic mass is 16.3. The second kappa shape index (κ2) is 10.4. The normalized spacial score (nSPS) is 10.7. The van der Waals surface area contributed by atoms with Crippen molar-refractivity contribution in [3.8, 4) is 0 Å². The number of carbonyl (C=O) groups excluding carboxylic acids is 2. The Morgan fingerprint density at radius 3 is 2.54 bits per heavy atom. The Morgan fingerprint density at radius 2 is 1.81 bits per heavy atom. The topological polar surface area (TPSA) is 71.3 Å². The van der Waals surface area contributed by atoms with Crippen molar-refractivity contribution in [2.45, 2.75) is 46.0 Å². The number of furan rings is 1. The van der Waals surface area contributed by atoms with Crippen LogP contribution in [-0.2, 0) is 0 Å². The van der Waals surface area contributed by atoms with Gasteiger partial charge in [-0.1, -0.05) is 45.6 Å². The van der Waals surface area contributed by atoms with Crippen LogP contribution in [0.3, 0.4) is 0 Å². The van der Waals surface area contributed by atoms with E-state index < -0.39 is 0 Å². The van der Waals surface area contributed by atoms with Gasteiger partial charge in [-0.3, -0.25) is 9.59 Å². The van der Waals surface area contributed by atoms with Crippen LogP contribution in [0.2, 0.25) is 0 Å². The minimum atomic E-state index is -0.339. The zero-order valence-corrected chi connectivity index (χ0v) is 15.6. The fraction of sp³-hybridized carbons (Fsp3) is 0.429. The van der Waals surface area contributed by atoms with Gasteiger partial charge in [-0.15, -0.1) is 0 Å². The van der Waals surface area contributed by atoms with Crippen molar-refractivity contribution in [3.05, 3.63) is 54.0 Å². The van der Waals surface area contributed by atoms with Crippen molar-refractivity contribution in [2.75, 3.05) is 11.9 Å². The maximum atomic E-state index is 12.2. The third-order valence-electron chi connectivity index (χ3n) is 4.12. The first-order valence-corrected chi connectivity index (χ1v) is 9.29. The molecule has 26 heavy (non-hydrogen) atoms. The Labute approximate surface area is 155 Å². The average Bonchev–Trinajstić information content (AvgIpc) is 3.15. The molecule has 0 spiro atoms. The molecule has 5 heteroatoms. The number of hydrogen-bond donors (Lipinski definition) is 2. The second-order valence-corrected chi connectivity index (χ2v) is 6.86. The summed E-state index contributed by atoms with van der Waals surface area (Å²) in [6.07, 6.45) is 7.29. The highest BCUT2D eigenvalue weighted by Gasteiger charge is 2.10. The van der Waals surface area contributed by atoms with E-state index in [1.165, 1.54) is 25.5 Å². The summed E-state index contributed by atoms with van der Waals surface area (Å²) in [4.78, 5) is 24.2. The van der Waals surface area contributed by atoms with Gasteiger partial charge in [-0.2, -0.15) is 0 Å². The van der Waals surface area contributed by atoms with Crippen LogP contribution >= 0.6 is 0 Å². The summed E-state index contributed by atoms with van der Waals surface area (Å²) in [6, 6.07) is 10.1. The van der Waals surface area contributed by atoms with E-state index in [4.69, 9.17) is 4.42 Å². The third-order valence-corrected chi connectivity index (χ3v) is 4.12. The van der Waals surface area contributed by atoms with E-state index in [2.05, 4.69) is 24.5 Å². The number of carbonyl (C=O) groups is 2. The molecule has 0 unspecified atom stereocenters. The first-order chi connectivity index (χ1) is 12.6. The van der Waals surface area contributed by atoms with Crippen LogP contribution in [0.15, 0.2) is 47.1 Å². The molecule has 5 nitrogen and oxygen atoms in total. The molecule has 2 amide bonds. The van der Waals surface area contributed by atoms with Crippen molar-refractivity contribution in [3.63, 3.8) is 0 Å². The van der Waals surface area contributed by atoms with Crippen molar-refractivity contribution in [2.24, 2.45) is 5.92 Å². The Morgan fingerprint density at radius 1 is 1.00 bits per heavy atom. The van der Waals surface area contributed by atoms with E-state index in [-0.39, 0.29) is 17.6 Å². The Balaban J connectivity index is 1.74. The molecule has 1 aromatic carbocycles. The molecule has 0 saturated heterocycles. The fourth-order valence-electron chi connectivity index (χ4n) is 2.67. The fourth-order valence-corrected chi connectivity index (χ4v) is 2.67. The van der Waals surface area contributed by atoms with E-state index >= 15 is 0 Å². The summed E-state index contributed by atoms with van der Waals surface area (Å²) in [7, 11) is 0. The molecule has 0 bridgehead atoms. The molecule has 1 aromatic heterocycles. The van der Waals surface area contributed by atoms with Gasteiger partial charge in [0.2, 0.25) is 0 Å². The molecule has 0 radical (unpaired) electrons. The summed E-state index contributed by atoms with van der Waals surface area (Å²) in [5.41, 5.74) is 1.09. The molecule has 0 aliphatic rings. The summed E-state index contributed by atoms with van der Waals surface area (Å²) >= 11 is 0. The lowest BCUT2D eigenvalue weighted by molar-refractivity contribution is 0.0950. The van der Waals surface area contributed by atoms with Crippen molar-refractivity contribution >= 4 is 17.5 Å². The number of unbranched alkanes of at least 4 members (excludes halogenated alkanes) is 3. The van der Waals surface area contributed by atoms with Gasteiger partial charge in [-0.05, 0) is 42.7 Å². The lowest BCUT2D eigenvalue weighted by Gasteiger charge is -2.08. The summed E-state index contributed by atoms with van der Waals surface area (Å²) < 4.78 is 5.06. The Hall–Kier alpha value is -2.56. The smallest absolute Gasteiger partial charge is 0.291 e. The van der Waals surface area contributed by atoms with E-state index in [1.807, 2.05) is 0 Å². The average molecular weight is 356 g/mol. The molecule has 0 aliphatic heterocycles. The van der Waals surface area contributed by atoms with Crippen LogP contribution in [0.4, 0.5) is 5.69 Å². The molecule has 0 saturated carbocycles. The molecule has 0 fully saturated rings. The van der Waals surface area contributed by atoms with Gasteiger partial charge in [0.25, 0.3) is 11.8 Å². The molecule has 2 rings (SSSR count). The molecular formula is C21H28N2O3. The van der Waals surface area contributed by atoms with E-state index in [9.17, 15) is 9.59 Å². The van der Waals surface area contributed by atoms with E-state index in [1.54, 1.807) is 36.4 Å². The monoisotopic (exact) mass is 356 g/mol. The summed E-state index contributed by atoms with van der Waals surface area (Å²) in [5.74, 6) is 0.530. The predicted octanol–water partition coefficient (Wildman–Crippen LogP) is 4.87. The number of hydrogen-bond acceptors (Lipinski definition) is 3. The molecule has 1 heterocycles. The van der Waals surface area contributed by atoms with Gasteiger partial charge < -0.3 is 15.1 Å². The van der Waals surface area contributed by atoms with Crippen LogP contribution in [0.1, 0.15) is 66.9 Å². The van der Waals surface area contributed by atoms with E-state index in [0.717, 1.165) is 18.8 Å². The lowest BCUT2D eigenvalue weighted by atomic mass is 10.0. The number of nitrogens with one attached hydrogen (secondary N) is 2. The third kappa shape index (κ3) is 6.75. The minimum absolute atomic E-state index is 0.124. The molecule has 140 valence electrons. The van der Waals surface area contributed by atoms with Crippen LogP contribution in [0, 0.1) is 5.92 Å². The van der Waals surface area contributed by atoms with Crippen LogP contribution < -0.4 is 10.6 Å². The molecule has 0 atom stereocenters. The van der Waals surface area contributed by atoms with Crippen molar-refractivity contribution < 1.29 is 14.0 Å². The number of rotatable bonds is 10. The summed E-state index contributed by atoms with van der Waals surface area (Å²) in [5, 5.41) is 5.66. The molecular weight excluding hydrogens is 328 g/mol. The molecule has 2 aromatic rings. The lowest BCUT2D eigenvalue weighted by Crippen LogP contribution is -2.24. The number of benzene rings is 1. The zero-order chi connectivity index (χ0) is 18.8. The number of anilines is 1. The van der Waals surface area contributed by atoms with Crippen molar-refractivity contribution in [1.82, 2.24) is 5.32 Å². The van der Waals surface area contributed by atoms with Gasteiger partial charge in [0, 0.05) is 17.8 Å². The molecule has 0 aliphatic carbocycles. The number of amides is 2. The highest BCUT2D eigenvalue weighted by molar-refractivity contribution is 6.03. The largest absolute Gasteiger partial charge is 0.459 e. The van der Waals surface area contributed by atoms with Crippen LogP contribution in [0.5, 0.6) is 0 Å². The minimum Gasteiger partial charge on any atom is -0.459 e. The van der Waals surface area contributed by atoms with Gasteiger partial charge in [0.1, 0.15) is 0 Å². The Bertz CT molecular complexity index is 693. The quantitative estimate of drug-likeness (QED) is 0.597. The Kier molecular flexibility index (Phi) is 7.93. The maximum Gasteiger partial charge on any atom is 0.291 e. The van der Waals surface area contributed by atoms with Gasteiger partial charge in [0.15, 0.2) is 5.76 Å². The second-order valence-electron chi connectivity index (χ2n) is 6.86. The standard InChI is InChI=1S/C21H28N2O3/c1-16(2)9-5-3-4-6-13-22-20(24)17-10-7-11-18(15-17)23-21(25)19-12-8-14-26-19/h7-8,10-12,14-16H,3-6,9,13H2,1-2H3,(H,22,24)(H,23,25). The van der Waals surface area contributed by atoms with Crippen LogP contribution in [0.25, 0.3) is 0 Å². The first-order valence-electron chi connectivity index (χ1n) is 9.29. The van der Waals surface area contributed by atoms with Crippen LogP contribution in [-0.4, -0.2) is 18.4 Å². The summed E-state index contributed by atoms with van der Waals surface area (Å²) in [6.45, 7) is 5.15. The molecule has 2 N–H and O–H groups in total. The van der Waals surface area contributed by atoms with E-state index in [0.29, 0.717) is 17.8 Å².